The van der Waals surface area contributed by atoms with Crippen molar-refractivity contribution in [3.8, 4) is 56.1 Å². The van der Waals surface area contributed by atoms with Crippen LogP contribution in [0.1, 0.15) is 0 Å². The summed E-state index contributed by atoms with van der Waals surface area (Å²) in [4.78, 5) is 0. The number of para-hydroxylation sites is 6. The van der Waals surface area contributed by atoms with Crippen LogP contribution in [0.3, 0.4) is 0 Å². The van der Waals surface area contributed by atoms with Gasteiger partial charge in [0.05, 0.1) is 44.1 Å². The van der Waals surface area contributed by atoms with E-state index in [1.54, 1.807) is 0 Å². The van der Waals surface area contributed by atoms with Gasteiger partial charge in [0.1, 0.15) is 0 Å². The average Bonchev–Trinajstić information content (AvgIpc) is 4.26. The van der Waals surface area contributed by atoms with Crippen LogP contribution in [0.25, 0.3) is 143 Å². The van der Waals surface area contributed by atoms with E-state index in [1.165, 1.54) is 132 Å². The zero-order chi connectivity index (χ0) is 49.8. The lowest BCUT2D eigenvalue weighted by Gasteiger charge is -2.12. The van der Waals surface area contributed by atoms with Gasteiger partial charge in [-0.05, 0) is 143 Å². The van der Waals surface area contributed by atoms with Crippen LogP contribution < -0.4 is 0 Å². The molecule has 0 saturated carbocycles. The summed E-state index contributed by atoms with van der Waals surface area (Å²) in [6.07, 6.45) is 0. The highest BCUT2D eigenvalue weighted by Gasteiger charge is 2.19. The van der Waals surface area contributed by atoms with Crippen molar-refractivity contribution in [2.75, 3.05) is 0 Å². The minimum absolute atomic E-state index is 1.13. The molecule has 4 heteroatoms. The normalized spacial score (nSPS) is 11.9. The summed E-state index contributed by atoms with van der Waals surface area (Å²) in [5, 5.41) is 9.98. The molecule has 0 atom stereocenters. The van der Waals surface area contributed by atoms with E-state index in [0.29, 0.717) is 0 Å². The smallest absolute Gasteiger partial charge is 0.0547 e. The Bertz CT molecular complexity index is 4640. The molecule has 0 unspecified atom stereocenters. The molecule has 0 aliphatic rings. The molecule has 76 heavy (non-hydrogen) atoms. The fourth-order valence-corrected chi connectivity index (χ4v) is 12.5. The summed E-state index contributed by atoms with van der Waals surface area (Å²) in [7, 11) is 0. The van der Waals surface area contributed by atoms with Gasteiger partial charge in [0.15, 0.2) is 0 Å². The molecular weight excluding hydrogens is 921 g/mol. The highest BCUT2D eigenvalue weighted by Crippen LogP contribution is 2.41. The quantitative estimate of drug-likeness (QED) is 0.152. The van der Waals surface area contributed by atoms with E-state index in [2.05, 4.69) is 297 Å². The molecule has 4 aromatic heterocycles. The van der Waals surface area contributed by atoms with E-state index in [-0.39, 0.29) is 0 Å². The number of fused-ring (bicyclic) bond motifs is 12. The Kier molecular flexibility index (Phi) is 9.30. The molecule has 0 fully saturated rings. The number of aromatic nitrogens is 4. The Morgan fingerprint density at radius 3 is 0.776 bits per heavy atom. The summed E-state index contributed by atoms with van der Waals surface area (Å²) in [5.41, 5.74) is 21.3. The SMILES string of the molecule is c1ccc(-n2c3ccccc3c3cc(-c4ccc5c6ccccc6n(-c6ccc(-c7ccc(-n8c9ccccc9c9ccc(-c%10ccc%11c(c%10)c%10ccccc%10n%11-c%10ccccc%10)cc98)cc7)cc6)c5c4)ccc32)cc1. The van der Waals surface area contributed by atoms with Crippen molar-refractivity contribution >= 4 is 87.2 Å². The molecule has 12 aromatic carbocycles. The van der Waals surface area contributed by atoms with Gasteiger partial charge < -0.3 is 18.3 Å². The van der Waals surface area contributed by atoms with E-state index in [1.807, 2.05) is 0 Å². The number of benzene rings is 12. The minimum atomic E-state index is 1.13. The highest BCUT2D eigenvalue weighted by atomic mass is 15.0. The first-order valence-electron chi connectivity index (χ1n) is 26.2. The molecule has 0 amide bonds. The lowest BCUT2D eigenvalue weighted by Crippen LogP contribution is -1.95. The third kappa shape index (κ3) is 6.44. The fourth-order valence-electron chi connectivity index (χ4n) is 12.5. The van der Waals surface area contributed by atoms with Crippen molar-refractivity contribution in [3.05, 3.63) is 279 Å². The van der Waals surface area contributed by atoms with Gasteiger partial charge in [0.2, 0.25) is 0 Å². The summed E-state index contributed by atoms with van der Waals surface area (Å²) in [6.45, 7) is 0. The van der Waals surface area contributed by atoms with E-state index < -0.39 is 0 Å². The molecule has 0 saturated heterocycles. The first-order valence-corrected chi connectivity index (χ1v) is 26.2. The van der Waals surface area contributed by atoms with Gasteiger partial charge in [-0.15, -0.1) is 0 Å². The molecule has 16 rings (SSSR count). The van der Waals surface area contributed by atoms with Crippen LogP contribution in [0.15, 0.2) is 279 Å². The molecule has 4 heterocycles. The zero-order valence-corrected chi connectivity index (χ0v) is 41.3. The molecule has 4 nitrogen and oxygen atoms in total. The molecule has 0 spiro atoms. The van der Waals surface area contributed by atoms with Crippen molar-refractivity contribution in [1.82, 2.24) is 18.3 Å². The van der Waals surface area contributed by atoms with Crippen LogP contribution in [-0.2, 0) is 0 Å². The number of nitrogens with zero attached hydrogens (tertiary/aromatic N) is 4. The fraction of sp³-hybridized carbons (Fsp3) is 0. The van der Waals surface area contributed by atoms with Crippen molar-refractivity contribution in [1.29, 1.82) is 0 Å². The van der Waals surface area contributed by atoms with Crippen molar-refractivity contribution in [2.24, 2.45) is 0 Å². The topological polar surface area (TPSA) is 19.7 Å². The predicted octanol–water partition coefficient (Wildman–Crippen LogP) is 19.1. The molecule has 0 radical (unpaired) electrons. The zero-order valence-electron chi connectivity index (χ0n) is 41.3. The predicted molar refractivity (Wildman–Crippen MR) is 320 cm³/mol. The van der Waals surface area contributed by atoms with E-state index in [0.717, 1.165) is 11.4 Å². The molecular formula is C72H46N4. The third-order valence-corrected chi connectivity index (χ3v) is 16.0. The maximum absolute atomic E-state index is 2.43. The van der Waals surface area contributed by atoms with Gasteiger partial charge in [0.25, 0.3) is 0 Å². The van der Waals surface area contributed by atoms with Crippen LogP contribution >= 0.6 is 0 Å². The molecule has 0 bridgehead atoms. The van der Waals surface area contributed by atoms with E-state index in [4.69, 9.17) is 0 Å². The van der Waals surface area contributed by atoms with Gasteiger partial charge >= 0.3 is 0 Å². The maximum Gasteiger partial charge on any atom is 0.0547 e. The lowest BCUT2D eigenvalue weighted by atomic mass is 10.0. The first-order chi connectivity index (χ1) is 37.7. The summed E-state index contributed by atoms with van der Waals surface area (Å²) >= 11 is 0. The summed E-state index contributed by atoms with van der Waals surface area (Å²) in [6, 6.07) is 102. The number of hydrogen-bond donors (Lipinski definition) is 0. The van der Waals surface area contributed by atoms with Crippen molar-refractivity contribution in [3.63, 3.8) is 0 Å². The Balaban J connectivity index is 0.751. The summed E-state index contributed by atoms with van der Waals surface area (Å²) in [5.74, 6) is 0. The van der Waals surface area contributed by atoms with E-state index in [9.17, 15) is 0 Å². The van der Waals surface area contributed by atoms with E-state index >= 15 is 0 Å². The van der Waals surface area contributed by atoms with Crippen LogP contribution in [0, 0.1) is 0 Å². The van der Waals surface area contributed by atoms with Crippen LogP contribution in [-0.4, -0.2) is 18.3 Å². The van der Waals surface area contributed by atoms with Gasteiger partial charge in [-0.25, -0.2) is 0 Å². The second kappa shape index (κ2) is 16.7. The van der Waals surface area contributed by atoms with Crippen molar-refractivity contribution < 1.29 is 0 Å². The Hall–Kier alpha value is -10.2. The third-order valence-electron chi connectivity index (χ3n) is 16.0. The number of rotatable bonds is 7. The standard InChI is InChI=1S/C72H46N4/c1-3-15-53(16-4-1)73-67-25-13-9-21-59(67)63-43-49(33-41-69(63)73)51-31-39-61-57-19-7-11-23-65(57)75(71(61)45-51)55-35-27-47(28-36-55)48-29-37-56(38-30-48)76-66-24-12-8-20-58(66)62-40-32-52(46-72(62)76)50-34-42-70-64(44-50)60-22-10-14-26-68(60)74(70)54-17-5-2-6-18-54/h1-46H. The maximum atomic E-state index is 2.43. The van der Waals surface area contributed by atoms with Crippen LogP contribution in [0.4, 0.5) is 0 Å². The Morgan fingerprint density at radius 1 is 0.145 bits per heavy atom. The molecule has 16 aromatic rings. The van der Waals surface area contributed by atoms with Gasteiger partial charge in [-0.3, -0.25) is 0 Å². The van der Waals surface area contributed by atoms with Gasteiger partial charge in [0, 0.05) is 65.8 Å². The lowest BCUT2D eigenvalue weighted by molar-refractivity contribution is 1.18. The van der Waals surface area contributed by atoms with Gasteiger partial charge in [-0.1, -0.05) is 170 Å². The molecule has 354 valence electrons. The Morgan fingerprint density at radius 2 is 0.395 bits per heavy atom. The largest absolute Gasteiger partial charge is 0.309 e. The minimum Gasteiger partial charge on any atom is -0.309 e. The summed E-state index contributed by atoms with van der Waals surface area (Å²) < 4.78 is 9.61. The number of hydrogen-bond acceptors (Lipinski definition) is 0. The average molecular weight is 967 g/mol. The van der Waals surface area contributed by atoms with Crippen LogP contribution in [0.5, 0.6) is 0 Å². The highest BCUT2D eigenvalue weighted by molar-refractivity contribution is 6.14. The monoisotopic (exact) mass is 966 g/mol. The van der Waals surface area contributed by atoms with Crippen LogP contribution in [0.2, 0.25) is 0 Å². The molecule has 0 aliphatic heterocycles. The van der Waals surface area contributed by atoms with Crippen molar-refractivity contribution in [2.45, 2.75) is 0 Å². The second-order valence-corrected chi connectivity index (χ2v) is 20.1. The molecule has 0 N–H and O–H groups in total. The first kappa shape index (κ1) is 42.4. The second-order valence-electron chi connectivity index (χ2n) is 20.1. The Labute approximate surface area is 438 Å². The molecule has 0 aliphatic carbocycles. The van der Waals surface area contributed by atoms with Gasteiger partial charge in [-0.2, -0.15) is 0 Å².